The molecule has 0 spiro atoms. The van der Waals surface area contributed by atoms with Gasteiger partial charge >= 0.3 is 0 Å². The van der Waals surface area contributed by atoms with Gasteiger partial charge in [-0.2, -0.15) is 0 Å². The molecule has 12 nitrogen and oxygen atoms in total. The van der Waals surface area contributed by atoms with Crippen molar-refractivity contribution in [2.24, 2.45) is 0 Å². The third kappa shape index (κ3) is 8.54. The second-order valence-electron chi connectivity index (χ2n) is 13.9. The lowest BCUT2D eigenvalue weighted by Crippen LogP contribution is -2.44. The number of hydrogen-bond acceptors (Lipinski definition) is 10. The van der Waals surface area contributed by atoms with Crippen LogP contribution in [0.2, 0.25) is 0 Å². The first kappa shape index (κ1) is 40.5. The smallest absolute Gasteiger partial charge is 0.248 e. The molecule has 2 heterocycles. The fourth-order valence-electron chi connectivity index (χ4n) is 4.63. The average Bonchev–Trinajstić information content (AvgIpc) is 3.57. The van der Waals surface area contributed by atoms with E-state index in [0.717, 1.165) is 36.9 Å². The zero-order valence-corrected chi connectivity index (χ0v) is 31.9. The molecule has 2 aromatic heterocycles. The molecule has 5 aromatic rings. The fourth-order valence-corrected chi connectivity index (χ4v) is 7.42. The minimum atomic E-state index is -4.44. The van der Waals surface area contributed by atoms with E-state index in [4.69, 9.17) is 9.26 Å². The molecule has 0 unspecified atom stereocenters. The minimum absolute atomic E-state index is 0.0252. The second-order valence-corrected chi connectivity index (χ2v) is 18.9. The number of benzene rings is 3. The van der Waals surface area contributed by atoms with Gasteiger partial charge in [0.05, 0.1) is 35.1 Å². The topological polar surface area (TPSA) is 175 Å². The number of rotatable bonds is 9. The Morgan fingerprint density at radius 2 is 1.36 bits per heavy atom. The number of halogens is 2. The summed E-state index contributed by atoms with van der Waals surface area (Å²) >= 11 is 0. The van der Waals surface area contributed by atoms with Crippen molar-refractivity contribution >= 4 is 54.0 Å². The predicted octanol–water partition coefficient (Wildman–Crippen LogP) is 6.88. The van der Waals surface area contributed by atoms with E-state index in [1.165, 1.54) is 45.4 Å². The molecule has 3 aromatic carbocycles. The Morgan fingerprint density at radius 3 is 1.94 bits per heavy atom. The van der Waals surface area contributed by atoms with Crippen LogP contribution < -0.4 is 15.4 Å². The van der Waals surface area contributed by atoms with Gasteiger partial charge in [0.1, 0.15) is 31.8 Å². The largest absolute Gasteiger partial charge is 0.497 e. The van der Waals surface area contributed by atoms with Gasteiger partial charge in [0.2, 0.25) is 17.7 Å². The van der Waals surface area contributed by atoms with Crippen LogP contribution in [0.4, 0.5) is 20.4 Å². The number of nitrogens with zero attached hydrogens (tertiary/aromatic N) is 2. The lowest BCUT2D eigenvalue weighted by Gasteiger charge is -2.24. The van der Waals surface area contributed by atoms with Crippen molar-refractivity contribution in [1.82, 2.24) is 10.1 Å². The molecule has 5 rings (SSSR count). The Bertz CT molecular complexity index is 2370. The molecular formula is C37H40F2N4O8S2. The maximum Gasteiger partial charge on any atom is 0.248 e. The summed E-state index contributed by atoms with van der Waals surface area (Å²) < 4.78 is 84.7. The highest BCUT2D eigenvalue weighted by molar-refractivity contribution is 7.94. The molecule has 16 heteroatoms. The number of carbonyl (C=O) groups is 2. The average molecular weight is 771 g/mol. The van der Waals surface area contributed by atoms with Gasteiger partial charge in [0.15, 0.2) is 19.7 Å². The lowest BCUT2D eigenvalue weighted by molar-refractivity contribution is -0.118. The molecule has 0 radical (unpaired) electrons. The highest BCUT2D eigenvalue weighted by Gasteiger charge is 2.45. The van der Waals surface area contributed by atoms with Gasteiger partial charge in [-0.25, -0.2) is 25.6 Å². The first-order valence-corrected chi connectivity index (χ1v) is 19.0. The van der Waals surface area contributed by atoms with Crippen LogP contribution in [0.5, 0.6) is 5.75 Å². The van der Waals surface area contributed by atoms with Crippen molar-refractivity contribution < 1.29 is 44.5 Å². The first-order valence-electron chi connectivity index (χ1n) is 16.1. The Morgan fingerprint density at radius 1 is 0.755 bits per heavy atom. The summed E-state index contributed by atoms with van der Waals surface area (Å²) in [5, 5.41) is 9.68. The van der Waals surface area contributed by atoms with Gasteiger partial charge in [0, 0.05) is 22.9 Å². The van der Waals surface area contributed by atoms with Gasteiger partial charge in [-0.3, -0.25) is 19.9 Å². The Labute approximate surface area is 306 Å². The van der Waals surface area contributed by atoms with E-state index >= 15 is 0 Å². The summed E-state index contributed by atoms with van der Waals surface area (Å²) in [5.74, 6) is -3.23. The zero-order valence-electron chi connectivity index (χ0n) is 30.3. The number of nitrogens with one attached hydrogen (secondary N) is 2. The maximum atomic E-state index is 13.9. The number of methoxy groups -OCH3 is 1. The molecule has 2 N–H and O–H groups in total. The predicted molar refractivity (Wildman–Crippen MR) is 196 cm³/mol. The van der Waals surface area contributed by atoms with Gasteiger partial charge in [0.25, 0.3) is 0 Å². The quantitative estimate of drug-likeness (QED) is 0.151. The molecule has 2 amide bonds. The monoisotopic (exact) mass is 770 g/mol. The number of anilines is 2. The van der Waals surface area contributed by atoms with Crippen LogP contribution in [0.25, 0.3) is 10.9 Å². The van der Waals surface area contributed by atoms with E-state index in [9.17, 15) is 35.2 Å². The van der Waals surface area contributed by atoms with Gasteiger partial charge in [-0.05, 0) is 76.2 Å². The highest BCUT2D eigenvalue weighted by atomic mass is 32.2. The molecule has 0 aliphatic carbocycles. The van der Waals surface area contributed by atoms with Crippen molar-refractivity contribution in [3.8, 4) is 5.75 Å². The summed E-state index contributed by atoms with van der Waals surface area (Å²) in [6, 6.07) is 18.7. The summed E-state index contributed by atoms with van der Waals surface area (Å²) in [7, 11) is -6.86. The number of ether oxygens (including phenoxy) is 1. The number of amides is 2. The molecule has 0 saturated carbocycles. The molecule has 282 valence electrons. The summed E-state index contributed by atoms with van der Waals surface area (Å²) in [4.78, 5) is 28.9. The number of fused-ring (bicyclic) bond motifs is 1. The van der Waals surface area contributed by atoms with Crippen LogP contribution >= 0.6 is 0 Å². The van der Waals surface area contributed by atoms with Crippen molar-refractivity contribution in [3.05, 3.63) is 102 Å². The highest BCUT2D eigenvalue weighted by Crippen LogP contribution is 2.31. The van der Waals surface area contributed by atoms with Crippen LogP contribution in [0.15, 0.2) is 99.4 Å². The summed E-state index contributed by atoms with van der Waals surface area (Å²) in [5.41, 5.74) is 1.47. The van der Waals surface area contributed by atoms with Crippen LogP contribution in [-0.2, 0) is 34.7 Å². The van der Waals surface area contributed by atoms with Crippen molar-refractivity contribution in [1.29, 1.82) is 0 Å². The molecule has 0 aliphatic heterocycles. The number of pyridine rings is 1. The number of sulfone groups is 2. The third-order valence-corrected chi connectivity index (χ3v) is 13.2. The standard InChI is InChI=1S/C20H20N2O4S.C17H20F2N2O4S/c1-20(2,27(24,25)17-10-8-16(26-3)9-11-17)19(23)22-15-12-14-6-4-5-7-18(14)21-13-15;1-16(2,3)13-9-14(25-21-13)20-15(22)17(4,5)26(23,24)12-7-6-10(18)8-11(12)19/h4-13H,1-3H3,(H,22,23);6-9H,1-5H3,(H,20,22). The summed E-state index contributed by atoms with van der Waals surface area (Å²) in [6.45, 7) is 10.7. The van der Waals surface area contributed by atoms with Gasteiger partial charge in [-0.15, -0.1) is 0 Å². The second kappa shape index (κ2) is 15.0. The van der Waals surface area contributed by atoms with Crippen LogP contribution in [0.3, 0.4) is 0 Å². The lowest BCUT2D eigenvalue weighted by atomic mass is 9.92. The van der Waals surface area contributed by atoms with Crippen LogP contribution in [-0.4, -0.2) is 55.4 Å². The molecule has 0 atom stereocenters. The Kier molecular flexibility index (Phi) is 11.5. The molecule has 0 aliphatic rings. The molecule has 0 saturated heterocycles. The van der Waals surface area contributed by atoms with Crippen molar-refractivity contribution in [3.63, 3.8) is 0 Å². The van der Waals surface area contributed by atoms with Gasteiger partial charge in [-0.1, -0.05) is 44.1 Å². The molecule has 0 bridgehead atoms. The minimum Gasteiger partial charge on any atom is -0.497 e. The van der Waals surface area contributed by atoms with E-state index in [0.29, 0.717) is 23.2 Å². The van der Waals surface area contributed by atoms with Crippen LogP contribution in [0, 0.1) is 11.6 Å². The molecular weight excluding hydrogens is 731 g/mol. The molecule has 0 fully saturated rings. The first-order chi connectivity index (χ1) is 24.5. The zero-order chi connectivity index (χ0) is 39.6. The molecule has 53 heavy (non-hydrogen) atoms. The van der Waals surface area contributed by atoms with Crippen LogP contribution in [0.1, 0.15) is 54.2 Å². The van der Waals surface area contributed by atoms with E-state index in [-0.39, 0.29) is 16.2 Å². The van der Waals surface area contributed by atoms with Crippen molar-refractivity contribution in [2.45, 2.75) is 73.2 Å². The number of hydrogen-bond donors (Lipinski definition) is 2. The van der Waals surface area contributed by atoms with Crippen molar-refractivity contribution in [2.75, 3.05) is 17.7 Å². The van der Waals surface area contributed by atoms with E-state index in [2.05, 4.69) is 20.8 Å². The number of para-hydroxylation sites is 1. The van der Waals surface area contributed by atoms with Gasteiger partial charge < -0.3 is 14.6 Å². The van der Waals surface area contributed by atoms with E-state index in [1.807, 2.05) is 45.0 Å². The third-order valence-electron chi connectivity index (χ3n) is 8.35. The van der Waals surface area contributed by atoms with E-state index < -0.39 is 57.5 Å². The fraction of sp³-hybridized carbons (Fsp3) is 0.297. The SMILES string of the molecule is CC(C)(C)c1cc(NC(=O)C(C)(C)S(=O)(=O)c2ccc(F)cc2F)on1.COc1ccc(S(=O)(=O)C(C)(C)C(=O)Nc2cnc3ccccc3c2)cc1. The number of carbonyl (C=O) groups excluding carboxylic acids is 2. The Hall–Kier alpha value is -5.22. The number of aromatic nitrogens is 2. The normalized spacial score (nSPS) is 12.4. The summed E-state index contributed by atoms with van der Waals surface area (Å²) in [6.07, 6.45) is 1.51. The Balaban J connectivity index is 0.000000237. The maximum absolute atomic E-state index is 13.9. The van der Waals surface area contributed by atoms with E-state index in [1.54, 1.807) is 18.2 Å².